The summed E-state index contributed by atoms with van der Waals surface area (Å²) in [4.78, 5) is -0.0666. The molecule has 21 heavy (non-hydrogen) atoms. The van der Waals surface area contributed by atoms with Crippen molar-refractivity contribution in [1.82, 2.24) is 0 Å². The maximum atomic E-state index is 10.5. The van der Waals surface area contributed by atoms with E-state index in [0.29, 0.717) is 0 Å². The Hall–Kier alpha value is -1.69. The maximum Gasteiger partial charge on any atom is 0.294 e. The molecule has 112 valence electrons. The average molecular weight is 306 g/mol. The Labute approximate surface area is 124 Å². The third-order valence-electron chi connectivity index (χ3n) is 3.35. The molecule has 2 aromatic carbocycles. The van der Waals surface area contributed by atoms with Gasteiger partial charge < -0.3 is 5.11 Å². The number of benzene rings is 2. The van der Waals surface area contributed by atoms with Gasteiger partial charge in [0.25, 0.3) is 10.1 Å². The molecule has 0 saturated heterocycles. The molecule has 0 bridgehead atoms. The van der Waals surface area contributed by atoms with Crippen molar-refractivity contribution in [1.29, 1.82) is 0 Å². The van der Waals surface area contributed by atoms with Crippen molar-refractivity contribution in [3.8, 4) is 0 Å². The summed E-state index contributed by atoms with van der Waals surface area (Å²) in [6.45, 7) is 1.84. The molecule has 0 aliphatic heterocycles. The molecule has 2 aromatic rings. The van der Waals surface area contributed by atoms with Crippen LogP contribution in [0.3, 0.4) is 0 Å². The fourth-order valence-electron chi connectivity index (χ4n) is 2.25. The maximum absolute atomic E-state index is 10.5. The smallest absolute Gasteiger partial charge is 0.294 e. The van der Waals surface area contributed by atoms with E-state index >= 15 is 0 Å². The van der Waals surface area contributed by atoms with Gasteiger partial charge in [-0.2, -0.15) is 8.42 Å². The minimum atomic E-state index is -4.02. The van der Waals surface area contributed by atoms with Crippen LogP contribution in [0.15, 0.2) is 53.4 Å². The predicted molar refractivity (Wildman–Crippen MR) is 80.9 cm³/mol. The first-order valence-corrected chi connectivity index (χ1v) is 8.09. The quantitative estimate of drug-likeness (QED) is 0.793. The van der Waals surface area contributed by atoms with Crippen LogP contribution in [-0.2, 0) is 23.0 Å². The molecule has 0 amide bonds. The van der Waals surface area contributed by atoms with E-state index in [0.717, 1.165) is 18.4 Å². The summed E-state index contributed by atoms with van der Waals surface area (Å²) in [5.41, 5.74) is 3.59. The lowest BCUT2D eigenvalue weighted by Crippen LogP contribution is -2.03. The highest BCUT2D eigenvalue weighted by molar-refractivity contribution is 7.85. The topological polar surface area (TPSA) is 74.6 Å². The van der Waals surface area contributed by atoms with Crippen molar-refractivity contribution in [2.45, 2.75) is 30.8 Å². The van der Waals surface area contributed by atoms with E-state index in [4.69, 9.17) is 4.55 Å². The van der Waals surface area contributed by atoms with Gasteiger partial charge in [-0.1, -0.05) is 42.0 Å². The summed E-state index contributed by atoms with van der Waals surface area (Å²) < 4.78 is 29.6. The summed E-state index contributed by atoms with van der Waals surface area (Å²) in [6, 6.07) is 14.2. The van der Waals surface area contributed by atoms with Crippen LogP contribution in [0.1, 0.15) is 16.7 Å². The Morgan fingerprint density at radius 2 is 1.43 bits per heavy atom. The zero-order chi connectivity index (χ0) is 15.5. The van der Waals surface area contributed by atoms with E-state index in [-0.39, 0.29) is 11.0 Å². The second kappa shape index (κ2) is 6.39. The number of aliphatic hydroxyl groups excluding tert-OH is 1. The molecule has 4 nitrogen and oxygen atoms in total. The zero-order valence-corrected chi connectivity index (χ0v) is 12.5. The molecule has 1 aliphatic carbocycles. The van der Waals surface area contributed by atoms with Crippen molar-refractivity contribution in [3.05, 3.63) is 65.2 Å². The van der Waals surface area contributed by atoms with Crippen molar-refractivity contribution >= 4 is 10.1 Å². The molecule has 0 aromatic heterocycles. The molecular formula is C16H18O4S. The molecule has 0 heterocycles. The third kappa shape index (κ3) is 4.39. The van der Waals surface area contributed by atoms with Crippen LogP contribution in [0.4, 0.5) is 0 Å². The van der Waals surface area contributed by atoms with Crippen molar-refractivity contribution in [3.63, 3.8) is 0 Å². The summed E-state index contributed by atoms with van der Waals surface area (Å²) in [5.74, 6) is 0. The molecule has 0 fully saturated rings. The van der Waals surface area contributed by atoms with Crippen LogP contribution in [0.5, 0.6) is 0 Å². The van der Waals surface area contributed by atoms with Gasteiger partial charge in [0.1, 0.15) is 0 Å². The number of aliphatic hydroxyl groups is 1. The van der Waals surface area contributed by atoms with Gasteiger partial charge in [-0.05, 0) is 43.0 Å². The zero-order valence-electron chi connectivity index (χ0n) is 11.7. The van der Waals surface area contributed by atoms with Gasteiger partial charge in [-0.25, -0.2) is 0 Å². The van der Waals surface area contributed by atoms with Crippen LogP contribution < -0.4 is 0 Å². The van der Waals surface area contributed by atoms with Crippen LogP contribution in [0.2, 0.25) is 0 Å². The van der Waals surface area contributed by atoms with Crippen LogP contribution >= 0.6 is 0 Å². The Balaban J connectivity index is 0.000000154. The van der Waals surface area contributed by atoms with Crippen LogP contribution in [0, 0.1) is 6.92 Å². The SMILES string of the molecule is Cc1ccc(S(=O)(=O)O)cc1.OC1Cc2ccccc2C1. The lowest BCUT2D eigenvalue weighted by molar-refractivity contribution is 0.187. The molecule has 0 atom stereocenters. The molecule has 0 spiro atoms. The summed E-state index contributed by atoms with van der Waals surface area (Å²) in [6.07, 6.45) is 1.56. The first kappa shape index (κ1) is 15.7. The normalized spacial score (nSPS) is 14.2. The van der Waals surface area contributed by atoms with E-state index < -0.39 is 10.1 Å². The highest BCUT2D eigenvalue weighted by atomic mass is 32.2. The van der Waals surface area contributed by atoms with Gasteiger partial charge in [0, 0.05) is 0 Å². The second-order valence-corrected chi connectivity index (χ2v) is 6.54. The standard InChI is InChI=1S/C9H10O.C7H8O3S/c10-9-5-7-3-1-2-4-8(7)6-9;1-6-2-4-7(5-3-6)11(8,9)10/h1-4,9-10H,5-6H2;2-5H,1H3,(H,8,9,10). The first-order valence-electron chi connectivity index (χ1n) is 6.65. The lowest BCUT2D eigenvalue weighted by atomic mass is 10.1. The molecular weight excluding hydrogens is 288 g/mol. The highest BCUT2D eigenvalue weighted by Crippen LogP contribution is 2.20. The molecule has 0 saturated carbocycles. The van der Waals surface area contributed by atoms with Gasteiger partial charge in [0.15, 0.2) is 0 Å². The van der Waals surface area contributed by atoms with Crippen LogP contribution in [-0.4, -0.2) is 24.2 Å². The Morgan fingerprint density at radius 1 is 0.952 bits per heavy atom. The van der Waals surface area contributed by atoms with E-state index in [9.17, 15) is 13.5 Å². The second-order valence-electron chi connectivity index (χ2n) is 5.12. The molecule has 2 N–H and O–H groups in total. The molecule has 0 radical (unpaired) electrons. The van der Waals surface area contributed by atoms with E-state index in [1.54, 1.807) is 12.1 Å². The Bertz CT molecular complexity index is 680. The Kier molecular flexibility index (Phi) is 4.77. The number of rotatable bonds is 1. The minimum Gasteiger partial charge on any atom is -0.392 e. The van der Waals surface area contributed by atoms with Crippen molar-refractivity contribution in [2.75, 3.05) is 0 Å². The molecule has 3 rings (SSSR count). The fourth-order valence-corrected chi connectivity index (χ4v) is 2.73. The first-order chi connectivity index (χ1) is 9.86. The van der Waals surface area contributed by atoms with Crippen molar-refractivity contribution < 1.29 is 18.1 Å². The largest absolute Gasteiger partial charge is 0.392 e. The van der Waals surface area contributed by atoms with Gasteiger partial charge in [-0.3, -0.25) is 4.55 Å². The molecule has 5 heteroatoms. The summed E-state index contributed by atoms with van der Waals surface area (Å²) in [7, 11) is -4.02. The van der Waals surface area contributed by atoms with Gasteiger partial charge >= 0.3 is 0 Å². The minimum absolute atomic E-state index is 0.0666. The highest BCUT2D eigenvalue weighted by Gasteiger charge is 2.17. The molecule has 0 unspecified atom stereocenters. The van der Waals surface area contributed by atoms with Gasteiger partial charge in [-0.15, -0.1) is 0 Å². The number of hydrogen-bond donors (Lipinski definition) is 2. The summed E-state index contributed by atoms with van der Waals surface area (Å²) >= 11 is 0. The predicted octanol–water partition coefficient (Wildman–Crippen LogP) is 2.39. The van der Waals surface area contributed by atoms with Crippen LogP contribution in [0.25, 0.3) is 0 Å². The number of hydrogen-bond acceptors (Lipinski definition) is 3. The Morgan fingerprint density at radius 3 is 1.86 bits per heavy atom. The van der Waals surface area contributed by atoms with E-state index in [2.05, 4.69) is 12.1 Å². The third-order valence-corrected chi connectivity index (χ3v) is 4.22. The lowest BCUT2D eigenvalue weighted by Gasteiger charge is -1.95. The van der Waals surface area contributed by atoms with E-state index in [1.165, 1.54) is 23.3 Å². The van der Waals surface area contributed by atoms with Gasteiger partial charge in [0.2, 0.25) is 0 Å². The monoisotopic (exact) mass is 306 g/mol. The van der Waals surface area contributed by atoms with Crippen molar-refractivity contribution in [2.24, 2.45) is 0 Å². The number of fused-ring (bicyclic) bond motifs is 1. The molecule has 1 aliphatic rings. The van der Waals surface area contributed by atoms with Gasteiger partial charge in [0.05, 0.1) is 11.0 Å². The average Bonchev–Trinajstić information content (AvgIpc) is 2.79. The summed E-state index contributed by atoms with van der Waals surface area (Å²) in [5, 5.41) is 9.25. The fraction of sp³-hybridized carbons (Fsp3) is 0.250. The van der Waals surface area contributed by atoms with E-state index in [1.807, 2.05) is 19.1 Å². The number of aryl methyl sites for hydroxylation is 1.